The van der Waals surface area contributed by atoms with Gasteiger partial charge in [-0.25, -0.2) is 8.42 Å². The van der Waals surface area contributed by atoms with Crippen LogP contribution in [0.1, 0.15) is 52.7 Å². The first-order chi connectivity index (χ1) is 19.9. The lowest BCUT2D eigenvalue weighted by molar-refractivity contribution is 0.102. The van der Waals surface area contributed by atoms with E-state index in [0.717, 1.165) is 10.2 Å². The number of amides is 1. The number of rotatable bonds is 6. The summed E-state index contributed by atoms with van der Waals surface area (Å²) in [6, 6.07) is 30.2. The Kier molecular flexibility index (Phi) is 6.63. The number of benzene rings is 4. The molecule has 2 bridgehead atoms. The average Bonchev–Trinajstić information content (AvgIpc) is 3.62. The Bertz CT molecular complexity index is 1710. The van der Waals surface area contributed by atoms with Crippen molar-refractivity contribution in [2.45, 2.75) is 36.1 Å². The van der Waals surface area contributed by atoms with Crippen molar-refractivity contribution in [3.63, 3.8) is 0 Å². The maximum absolute atomic E-state index is 13.3. The Hall–Kier alpha value is -3.62. The lowest BCUT2D eigenvalue weighted by Gasteiger charge is -2.43. The van der Waals surface area contributed by atoms with Crippen molar-refractivity contribution in [1.29, 1.82) is 0 Å². The number of carbonyl (C=O) groups excluding carboxylic acids is 1. The Morgan fingerprint density at radius 1 is 0.829 bits per heavy atom. The van der Waals surface area contributed by atoms with E-state index in [4.69, 9.17) is 0 Å². The highest BCUT2D eigenvalue weighted by molar-refractivity contribution is 9.10. The van der Waals surface area contributed by atoms with E-state index in [2.05, 4.69) is 67.7 Å². The number of carbonyl (C=O) groups is 1. The number of hydrogen-bond acceptors (Lipinski definition) is 4. The van der Waals surface area contributed by atoms with E-state index in [1.165, 1.54) is 42.5 Å². The topological polar surface area (TPSA) is 87.3 Å². The minimum atomic E-state index is -3.76. The summed E-state index contributed by atoms with van der Waals surface area (Å²) in [5.41, 5.74) is 5.33. The van der Waals surface area contributed by atoms with Gasteiger partial charge in [-0.2, -0.15) is 0 Å². The van der Waals surface area contributed by atoms with E-state index in [0.29, 0.717) is 40.6 Å². The predicted octanol–water partition coefficient (Wildman–Crippen LogP) is 7.80. The molecule has 4 aromatic carbocycles. The van der Waals surface area contributed by atoms with Crippen LogP contribution in [0.3, 0.4) is 0 Å². The number of halogens is 1. The van der Waals surface area contributed by atoms with Crippen LogP contribution in [-0.4, -0.2) is 14.3 Å². The first-order valence-corrected chi connectivity index (χ1v) is 16.3. The molecule has 0 saturated heterocycles. The summed E-state index contributed by atoms with van der Waals surface area (Å²) in [6.07, 6.45) is 3.81. The zero-order chi connectivity index (χ0) is 28.1. The van der Waals surface area contributed by atoms with Gasteiger partial charge in [-0.15, -0.1) is 0 Å². The van der Waals surface area contributed by atoms with Crippen molar-refractivity contribution in [3.8, 4) is 0 Å². The van der Waals surface area contributed by atoms with Gasteiger partial charge in [-0.05, 0) is 121 Å². The first-order valence-electron chi connectivity index (χ1n) is 14.0. The maximum atomic E-state index is 13.3. The van der Waals surface area contributed by atoms with Crippen LogP contribution in [0.15, 0.2) is 106 Å². The molecule has 4 aromatic rings. The van der Waals surface area contributed by atoms with Crippen molar-refractivity contribution in [2.75, 3.05) is 15.4 Å². The van der Waals surface area contributed by atoms with E-state index in [1.54, 1.807) is 36.4 Å². The van der Waals surface area contributed by atoms with Gasteiger partial charge in [-0.1, -0.05) is 46.3 Å². The number of hydrogen-bond donors (Lipinski definition) is 3. The molecule has 1 aliphatic heterocycles. The normalized spacial score (nSPS) is 24.2. The second kappa shape index (κ2) is 10.3. The second-order valence-corrected chi connectivity index (χ2v) is 14.0. The van der Waals surface area contributed by atoms with Crippen molar-refractivity contribution in [3.05, 3.63) is 118 Å². The molecule has 1 heterocycles. The third-order valence-corrected chi connectivity index (χ3v) is 11.0. The molecular weight excluding hydrogens is 598 g/mol. The number of fused-ring (bicyclic) bond motifs is 7. The summed E-state index contributed by atoms with van der Waals surface area (Å²) in [5, 5.41) is 6.78. The van der Waals surface area contributed by atoms with E-state index < -0.39 is 10.0 Å². The lowest BCUT2D eigenvalue weighted by Crippen LogP contribution is -2.35. The minimum Gasteiger partial charge on any atom is -0.378 e. The highest BCUT2D eigenvalue weighted by atomic mass is 79.9. The third kappa shape index (κ3) is 4.93. The molecule has 0 radical (unpaired) electrons. The monoisotopic (exact) mass is 627 g/mol. The van der Waals surface area contributed by atoms with Gasteiger partial charge in [0.05, 0.1) is 10.9 Å². The van der Waals surface area contributed by atoms with Gasteiger partial charge >= 0.3 is 0 Å². The lowest BCUT2D eigenvalue weighted by atomic mass is 9.68. The standard InChI is InChI=1S/C33H30BrN3O3S/c34-24-9-11-26(12-10-24)37-41(39,40)27-15-13-25(14-16-27)35-33(38)23-8-17-29-28(19-23)30-21-6-7-22(18-21)31(30)32(36-29)20-4-2-1-3-5-20/h1-5,8-17,19,21-22,30-32,36-37H,6-7,18H2,(H,35,38)/t21-,22-,30-,31+,32-/m0/s1. The van der Waals surface area contributed by atoms with E-state index in [1.807, 2.05) is 12.1 Å². The number of sulfonamides is 1. The van der Waals surface area contributed by atoms with Crippen LogP contribution in [0, 0.1) is 17.8 Å². The third-order valence-electron chi connectivity index (χ3n) is 9.03. The molecule has 2 saturated carbocycles. The average molecular weight is 629 g/mol. The molecule has 0 aromatic heterocycles. The van der Waals surface area contributed by atoms with Gasteiger partial charge in [0.25, 0.3) is 15.9 Å². The molecule has 2 fully saturated rings. The SMILES string of the molecule is O=C(Nc1ccc(S(=O)(=O)Nc2ccc(Br)cc2)cc1)c1ccc2c(c1)[C@@H]1[C@H]3CC[C@@H](C3)[C@H]1[C@H](c1ccccc1)N2. The summed E-state index contributed by atoms with van der Waals surface area (Å²) < 4.78 is 29.1. The maximum Gasteiger partial charge on any atom is 0.261 e. The molecule has 41 heavy (non-hydrogen) atoms. The molecule has 0 spiro atoms. The quantitative estimate of drug-likeness (QED) is 0.203. The molecule has 7 rings (SSSR count). The molecular formula is C33H30BrN3O3S. The van der Waals surface area contributed by atoms with Gasteiger partial charge in [0.1, 0.15) is 0 Å². The van der Waals surface area contributed by atoms with Crippen LogP contribution in [0.25, 0.3) is 0 Å². The van der Waals surface area contributed by atoms with Crippen LogP contribution < -0.4 is 15.4 Å². The Labute approximate surface area is 248 Å². The highest BCUT2D eigenvalue weighted by Crippen LogP contribution is 2.63. The van der Waals surface area contributed by atoms with Crippen LogP contribution in [0.2, 0.25) is 0 Å². The highest BCUT2D eigenvalue weighted by Gasteiger charge is 2.53. The summed E-state index contributed by atoms with van der Waals surface area (Å²) in [6.45, 7) is 0. The molecule has 5 atom stereocenters. The van der Waals surface area contributed by atoms with Gasteiger partial charge < -0.3 is 10.6 Å². The Balaban J connectivity index is 1.10. The summed E-state index contributed by atoms with van der Waals surface area (Å²) in [4.78, 5) is 13.4. The minimum absolute atomic E-state index is 0.119. The van der Waals surface area contributed by atoms with Crippen LogP contribution >= 0.6 is 15.9 Å². The van der Waals surface area contributed by atoms with E-state index in [9.17, 15) is 13.2 Å². The van der Waals surface area contributed by atoms with Crippen molar-refractivity contribution in [2.24, 2.45) is 17.8 Å². The number of anilines is 3. The van der Waals surface area contributed by atoms with Gasteiger partial charge in [-0.3, -0.25) is 9.52 Å². The number of nitrogens with one attached hydrogen (secondary N) is 3. The summed E-state index contributed by atoms with van der Waals surface area (Å²) in [5.74, 6) is 2.15. The van der Waals surface area contributed by atoms with Crippen LogP contribution in [0.5, 0.6) is 0 Å². The zero-order valence-electron chi connectivity index (χ0n) is 22.3. The first kappa shape index (κ1) is 26.3. The molecule has 2 aliphatic carbocycles. The smallest absolute Gasteiger partial charge is 0.261 e. The van der Waals surface area contributed by atoms with Crippen molar-refractivity contribution in [1.82, 2.24) is 0 Å². The fourth-order valence-electron chi connectivity index (χ4n) is 7.27. The summed E-state index contributed by atoms with van der Waals surface area (Å²) in [7, 11) is -3.76. The van der Waals surface area contributed by atoms with Crippen molar-refractivity contribution < 1.29 is 13.2 Å². The fourth-order valence-corrected chi connectivity index (χ4v) is 8.59. The Morgan fingerprint density at radius 2 is 1.54 bits per heavy atom. The molecule has 3 N–H and O–H groups in total. The van der Waals surface area contributed by atoms with Gasteiger partial charge in [0, 0.05) is 27.1 Å². The van der Waals surface area contributed by atoms with Gasteiger partial charge in [0.2, 0.25) is 0 Å². The summed E-state index contributed by atoms with van der Waals surface area (Å²) >= 11 is 3.35. The van der Waals surface area contributed by atoms with Gasteiger partial charge in [0.15, 0.2) is 0 Å². The molecule has 208 valence electrons. The fraction of sp³-hybridized carbons (Fsp3) is 0.242. The predicted molar refractivity (Wildman–Crippen MR) is 166 cm³/mol. The molecule has 8 heteroatoms. The van der Waals surface area contributed by atoms with Crippen molar-refractivity contribution >= 4 is 48.9 Å². The second-order valence-electron chi connectivity index (χ2n) is 11.4. The van der Waals surface area contributed by atoms with E-state index >= 15 is 0 Å². The van der Waals surface area contributed by atoms with Crippen LogP contribution in [-0.2, 0) is 10.0 Å². The molecule has 1 amide bonds. The Morgan fingerprint density at radius 3 is 2.29 bits per heavy atom. The van der Waals surface area contributed by atoms with Crippen LogP contribution in [0.4, 0.5) is 17.1 Å². The van der Waals surface area contributed by atoms with E-state index in [-0.39, 0.29) is 16.8 Å². The largest absolute Gasteiger partial charge is 0.378 e. The molecule has 3 aliphatic rings. The molecule has 0 unspecified atom stereocenters. The zero-order valence-corrected chi connectivity index (χ0v) is 24.7. The molecule has 6 nitrogen and oxygen atoms in total.